The summed E-state index contributed by atoms with van der Waals surface area (Å²) in [6.45, 7) is 3.23. The lowest BCUT2D eigenvalue weighted by atomic mass is 9.93. The Balaban J connectivity index is 1.52. The number of nitrogens with zero attached hydrogens (tertiary/aromatic N) is 2. The van der Waals surface area contributed by atoms with E-state index < -0.39 is 5.60 Å². The summed E-state index contributed by atoms with van der Waals surface area (Å²) in [5, 5.41) is 22.8. The fourth-order valence-electron chi connectivity index (χ4n) is 4.06. The van der Waals surface area contributed by atoms with E-state index in [0.717, 1.165) is 84.0 Å². The predicted octanol–water partition coefficient (Wildman–Crippen LogP) is 3.58. The van der Waals surface area contributed by atoms with Crippen LogP contribution in [0.3, 0.4) is 0 Å². The van der Waals surface area contributed by atoms with Crippen molar-refractivity contribution >= 4 is 23.7 Å². The lowest BCUT2D eigenvalue weighted by molar-refractivity contribution is 0.0736. The fourth-order valence-corrected chi connectivity index (χ4v) is 4.53. The van der Waals surface area contributed by atoms with Crippen LogP contribution in [0.1, 0.15) is 60.2 Å². The number of aliphatic hydroxyl groups is 1. The van der Waals surface area contributed by atoms with Crippen molar-refractivity contribution in [1.29, 1.82) is 5.26 Å². The van der Waals surface area contributed by atoms with E-state index in [1.54, 1.807) is 13.8 Å². The number of anilines is 1. The molecule has 1 aromatic carbocycles. The summed E-state index contributed by atoms with van der Waals surface area (Å²) < 4.78 is 7.97. The summed E-state index contributed by atoms with van der Waals surface area (Å²) >= 11 is 0.956. The second-order valence-electron chi connectivity index (χ2n) is 7.70. The Labute approximate surface area is 167 Å². The molecular weight excluding hydrogens is 376 g/mol. The quantitative estimate of drug-likeness (QED) is 0.679. The van der Waals surface area contributed by atoms with Gasteiger partial charge in [-0.25, -0.2) is 9.78 Å². The van der Waals surface area contributed by atoms with Crippen LogP contribution in [-0.4, -0.2) is 16.1 Å². The maximum Gasteiger partial charge on any atom is 0.329 e. The molecule has 0 saturated carbocycles. The highest BCUT2D eigenvalue weighted by atomic mass is 32.2. The molecule has 0 fully saturated rings. The molecule has 28 heavy (non-hydrogen) atoms. The number of rotatable bonds is 4. The molecule has 8 heteroatoms. The fraction of sp³-hybridized carbons (Fsp3) is 0.450. The molecule has 0 radical (unpaired) electrons. The van der Waals surface area contributed by atoms with Crippen molar-refractivity contribution in [3.05, 3.63) is 39.8 Å². The Bertz CT molecular complexity index is 950. The third kappa shape index (κ3) is 3.36. The first-order valence-corrected chi connectivity index (χ1v) is 10.2. The number of carbonyl (C=O) groups is 1. The Morgan fingerprint density at radius 1 is 1.21 bits per heavy atom. The predicted molar refractivity (Wildman–Crippen MR) is 105 cm³/mol. The van der Waals surface area contributed by atoms with Crippen molar-refractivity contribution in [3.8, 4) is 6.07 Å². The molecule has 2 amide bonds. The van der Waals surface area contributed by atoms with Gasteiger partial charge in [-0.05, 0) is 74.6 Å². The monoisotopic (exact) mass is 398 g/mol. The van der Waals surface area contributed by atoms with Gasteiger partial charge in [0, 0.05) is 17.6 Å². The summed E-state index contributed by atoms with van der Waals surface area (Å²) in [5.41, 5.74) is 5.44. The molecule has 1 heterocycles. The number of aromatic nitrogens is 1. The van der Waals surface area contributed by atoms with Crippen molar-refractivity contribution in [1.82, 2.24) is 9.71 Å². The molecule has 0 saturated heterocycles. The standard InChI is InChI=1S/C20H22N4O3S/c1-20(2,26)16-10-27-19(22-16)28-24-18(25)23-17-13-7-3-5-11(13)15(9-21)12-6-4-8-14(12)17/h10,26H,3-8H2,1-2H3,(H2,23,24,25). The zero-order valence-electron chi connectivity index (χ0n) is 15.9. The average Bonchev–Trinajstić information content (AvgIpc) is 3.38. The van der Waals surface area contributed by atoms with Gasteiger partial charge in [-0.15, -0.1) is 0 Å². The number of urea groups is 1. The molecule has 0 bridgehead atoms. The summed E-state index contributed by atoms with van der Waals surface area (Å²) in [6, 6.07) is 2.04. The maximum absolute atomic E-state index is 12.5. The SMILES string of the molecule is CC(C)(O)c1coc(SNC(=O)Nc2c3c(c(C#N)c4c2CCC4)CCC3)n1. The van der Waals surface area contributed by atoms with E-state index in [1.165, 1.54) is 6.26 Å². The second-order valence-corrected chi connectivity index (χ2v) is 8.46. The van der Waals surface area contributed by atoms with Crippen LogP contribution in [0.15, 0.2) is 15.9 Å². The molecule has 4 rings (SSSR count). The van der Waals surface area contributed by atoms with Crippen LogP contribution in [0, 0.1) is 11.3 Å². The van der Waals surface area contributed by atoms with E-state index in [4.69, 9.17) is 4.42 Å². The molecule has 2 aromatic rings. The molecular formula is C20H22N4O3S. The Kier molecular flexibility index (Phi) is 4.81. The third-order valence-electron chi connectivity index (χ3n) is 5.33. The first-order valence-electron chi connectivity index (χ1n) is 9.40. The molecule has 0 unspecified atom stereocenters. The van der Waals surface area contributed by atoms with Gasteiger partial charge < -0.3 is 14.8 Å². The Morgan fingerprint density at radius 2 is 1.82 bits per heavy atom. The number of hydrogen-bond acceptors (Lipinski definition) is 6. The molecule has 2 aliphatic rings. The van der Waals surface area contributed by atoms with E-state index in [9.17, 15) is 15.2 Å². The van der Waals surface area contributed by atoms with E-state index in [-0.39, 0.29) is 11.3 Å². The van der Waals surface area contributed by atoms with Crippen molar-refractivity contribution < 1.29 is 14.3 Å². The van der Waals surface area contributed by atoms with E-state index in [1.807, 2.05) is 0 Å². The van der Waals surface area contributed by atoms with Crippen LogP contribution in [-0.2, 0) is 31.3 Å². The van der Waals surface area contributed by atoms with Crippen LogP contribution < -0.4 is 10.0 Å². The minimum absolute atomic E-state index is 0.252. The number of nitriles is 1. The van der Waals surface area contributed by atoms with Crippen LogP contribution in [0.5, 0.6) is 0 Å². The summed E-state index contributed by atoms with van der Waals surface area (Å²) in [5.74, 6) is 0. The third-order valence-corrected chi connectivity index (χ3v) is 5.98. The van der Waals surface area contributed by atoms with Crippen molar-refractivity contribution in [3.63, 3.8) is 0 Å². The molecule has 0 atom stereocenters. The van der Waals surface area contributed by atoms with Crippen LogP contribution in [0.4, 0.5) is 10.5 Å². The second kappa shape index (κ2) is 7.15. The largest absolute Gasteiger partial charge is 0.438 e. The first-order chi connectivity index (χ1) is 13.4. The summed E-state index contributed by atoms with van der Waals surface area (Å²) in [7, 11) is 0. The molecule has 146 valence electrons. The van der Waals surface area contributed by atoms with Gasteiger partial charge in [0.25, 0.3) is 5.22 Å². The number of amides is 2. The topological polar surface area (TPSA) is 111 Å². The highest BCUT2D eigenvalue weighted by molar-refractivity contribution is 7.97. The van der Waals surface area contributed by atoms with E-state index in [2.05, 4.69) is 21.1 Å². The molecule has 0 spiro atoms. The minimum atomic E-state index is -1.10. The normalized spacial score (nSPS) is 15.1. The zero-order chi connectivity index (χ0) is 19.9. The zero-order valence-corrected chi connectivity index (χ0v) is 16.7. The van der Waals surface area contributed by atoms with Crippen LogP contribution >= 0.6 is 11.9 Å². The van der Waals surface area contributed by atoms with Crippen LogP contribution in [0.25, 0.3) is 0 Å². The number of hydrogen-bond donors (Lipinski definition) is 3. The van der Waals surface area contributed by atoms with Gasteiger partial charge in [0.15, 0.2) is 0 Å². The van der Waals surface area contributed by atoms with E-state index >= 15 is 0 Å². The lowest BCUT2D eigenvalue weighted by Gasteiger charge is -2.17. The highest BCUT2D eigenvalue weighted by Gasteiger charge is 2.29. The van der Waals surface area contributed by atoms with Gasteiger partial charge in [0.2, 0.25) is 0 Å². The van der Waals surface area contributed by atoms with Crippen molar-refractivity contribution in [2.24, 2.45) is 0 Å². The number of nitrogens with one attached hydrogen (secondary N) is 2. The van der Waals surface area contributed by atoms with Gasteiger partial charge in [-0.3, -0.25) is 4.72 Å². The van der Waals surface area contributed by atoms with Crippen molar-refractivity contribution in [2.45, 2.75) is 63.2 Å². The molecule has 0 aliphatic heterocycles. The first kappa shape index (κ1) is 18.8. The van der Waals surface area contributed by atoms with Crippen molar-refractivity contribution in [2.75, 3.05) is 5.32 Å². The summed E-state index contributed by atoms with van der Waals surface area (Å²) in [4.78, 5) is 16.7. The Hall–Kier alpha value is -2.50. The van der Waals surface area contributed by atoms with E-state index in [0.29, 0.717) is 5.69 Å². The highest BCUT2D eigenvalue weighted by Crippen LogP contribution is 2.41. The molecule has 3 N–H and O–H groups in total. The number of fused-ring (bicyclic) bond motifs is 2. The van der Waals surface area contributed by atoms with Crippen LogP contribution in [0.2, 0.25) is 0 Å². The number of carbonyl (C=O) groups excluding carboxylic acids is 1. The molecule has 1 aromatic heterocycles. The Morgan fingerprint density at radius 3 is 2.36 bits per heavy atom. The van der Waals surface area contributed by atoms with Gasteiger partial charge in [-0.1, -0.05) is 0 Å². The molecule has 2 aliphatic carbocycles. The number of oxazole rings is 1. The van der Waals surface area contributed by atoms with Gasteiger partial charge in [0.1, 0.15) is 17.6 Å². The van der Waals surface area contributed by atoms with Gasteiger partial charge >= 0.3 is 6.03 Å². The number of benzene rings is 1. The van der Waals surface area contributed by atoms with Gasteiger partial charge in [-0.2, -0.15) is 5.26 Å². The smallest absolute Gasteiger partial charge is 0.329 e. The lowest BCUT2D eigenvalue weighted by Crippen LogP contribution is -2.24. The maximum atomic E-state index is 12.5. The minimum Gasteiger partial charge on any atom is -0.438 e. The average molecular weight is 398 g/mol. The summed E-state index contributed by atoms with van der Waals surface area (Å²) in [6.07, 6.45) is 6.95. The van der Waals surface area contributed by atoms with Gasteiger partial charge in [0.05, 0.1) is 11.6 Å². The molecule has 7 nitrogen and oxygen atoms in total.